The van der Waals surface area contributed by atoms with Gasteiger partial charge < -0.3 is 0 Å². The van der Waals surface area contributed by atoms with Crippen molar-refractivity contribution in [2.45, 2.75) is 13.8 Å². The molecule has 0 aromatic heterocycles. The molecule has 0 saturated carbocycles. The zero-order chi connectivity index (χ0) is 8.74. The zero-order valence-corrected chi connectivity index (χ0v) is 7.32. The highest BCUT2D eigenvalue weighted by Crippen LogP contribution is 2.50. The second-order valence-electron chi connectivity index (χ2n) is 1.76. The summed E-state index contributed by atoms with van der Waals surface area (Å²) in [4.78, 5) is 0. The highest BCUT2D eigenvalue weighted by atomic mass is 31.2. The van der Waals surface area contributed by atoms with Crippen LogP contribution in [0.2, 0.25) is 0 Å². The fourth-order valence-electron chi connectivity index (χ4n) is 0.567. The molecule has 0 aromatic rings. The number of allylic oxidation sites excluding steroid dienone is 2. The Balaban J connectivity index is 4.39. The van der Waals surface area contributed by atoms with Crippen LogP contribution in [0.1, 0.15) is 13.8 Å². The number of hydrogen-bond donors (Lipinski definition) is 1. The van der Waals surface area contributed by atoms with Gasteiger partial charge in [0.2, 0.25) is 0 Å². The molecule has 0 rings (SSSR count). The Kier molecular flexibility index (Phi) is 5.07. The molecule has 0 aliphatic heterocycles. The van der Waals surface area contributed by atoms with Gasteiger partial charge in [-0.25, -0.2) is 5.26 Å². The van der Waals surface area contributed by atoms with E-state index >= 15 is 0 Å². The largest absolute Gasteiger partial charge is 0.281 e. The average Bonchev–Trinajstić information content (AvgIpc) is 1.88. The van der Waals surface area contributed by atoms with Gasteiger partial charge in [0.15, 0.2) is 0 Å². The summed E-state index contributed by atoms with van der Waals surface area (Å²) >= 11 is 0. The number of hydrogen-bond acceptors (Lipinski definition) is 4. The van der Waals surface area contributed by atoms with Gasteiger partial charge in [-0.15, -0.1) is 4.67 Å². The Morgan fingerprint density at radius 1 is 1.27 bits per heavy atom. The third-order valence-electron chi connectivity index (χ3n) is 0.864. The molecule has 1 N–H and O–H groups in total. The first-order valence-electron chi connectivity index (χ1n) is 3.05. The van der Waals surface area contributed by atoms with Gasteiger partial charge in [0.25, 0.3) is 7.37 Å². The zero-order valence-electron chi connectivity index (χ0n) is 6.43. The van der Waals surface area contributed by atoms with E-state index in [2.05, 4.69) is 9.71 Å². The van der Waals surface area contributed by atoms with Crippen LogP contribution in [-0.2, 0) is 14.3 Å². The SMILES string of the molecule is C/C=C/P(=O)(/C=C/C)OOO. The monoisotopic (exact) mass is 178 g/mol. The molecule has 4 nitrogen and oxygen atoms in total. The summed E-state index contributed by atoms with van der Waals surface area (Å²) in [5.74, 6) is 2.65. The van der Waals surface area contributed by atoms with Crippen molar-refractivity contribution in [2.75, 3.05) is 0 Å². The molecule has 0 atom stereocenters. The fourth-order valence-corrected chi connectivity index (χ4v) is 1.70. The summed E-state index contributed by atoms with van der Waals surface area (Å²) in [6.07, 6.45) is 3.11. The first kappa shape index (κ1) is 10.6. The van der Waals surface area contributed by atoms with Crippen LogP contribution < -0.4 is 0 Å². The van der Waals surface area contributed by atoms with Gasteiger partial charge in [0.1, 0.15) is 0 Å². The van der Waals surface area contributed by atoms with Gasteiger partial charge in [-0.3, -0.25) is 4.57 Å². The highest BCUT2D eigenvalue weighted by Gasteiger charge is 2.15. The smallest absolute Gasteiger partial charge is 0.280 e. The molecular weight excluding hydrogens is 167 g/mol. The maximum atomic E-state index is 11.3. The molecule has 0 heterocycles. The highest BCUT2D eigenvalue weighted by molar-refractivity contribution is 7.65. The van der Waals surface area contributed by atoms with Crippen LogP contribution in [0.15, 0.2) is 23.8 Å². The van der Waals surface area contributed by atoms with E-state index in [1.807, 2.05) is 0 Å². The molecular formula is C6H11O4P. The first-order chi connectivity index (χ1) is 5.18. The van der Waals surface area contributed by atoms with Crippen molar-refractivity contribution in [1.29, 1.82) is 0 Å². The molecule has 0 amide bonds. The lowest BCUT2D eigenvalue weighted by molar-refractivity contribution is -0.438. The maximum Gasteiger partial charge on any atom is 0.280 e. The van der Waals surface area contributed by atoms with Gasteiger partial charge in [0, 0.05) is 11.6 Å². The van der Waals surface area contributed by atoms with Crippen molar-refractivity contribution in [3.05, 3.63) is 23.8 Å². The summed E-state index contributed by atoms with van der Waals surface area (Å²) in [7, 11) is -3.05. The van der Waals surface area contributed by atoms with Gasteiger partial charge in [-0.1, -0.05) is 17.2 Å². The van der Waals surface area contributed by atoms with E-state index < -0.39 is 7.37 Å². The van der Waals surface area contributed by atoms with Crippen LogP contribution in [-0.4, -0.2) is 5.26 Å². The topological polar surface area (TPSA) is 55.8 Å². The van der Waals surface area contributed by atoms with Gasteiger partial charge in [-0.05, 0) is 13.8 Å². The molecule has 0 aromatic carbocycles. The molecule has 5 heteroatoms. The van der Waals surface area contributed by atoms with E-state index in [0.717, 1.165) is 0 Å². The third kappa shape index (κ3) is 4.11. The van der Waals surface area contributed by atoms with Crippen molar-refractivity contribution in [2.24, 2.45) is 0 Å². The van der Waals surface area contributed by atoms with Crippen LogP contribution >= 0.6 is 7.37 Å². The Morgan fingerprint density at radius 3 is 2.00 bits per heavy atom. The lowest BCUT2D eigenvalue weighted by atomic mass is 10.8. The summed E-state index contributed by atoms with van der Waals surface area (Å²) in [5, 5.41) is 11.2. The fraction of sp³-hybridized carbons (Fsp3) is 0.333. The molecule has 0 bridgehead atoms. The van der Waals surface area contributed by atoms with E-state index in [-0.39, 0.29) is 0 Å². The third-order valence-corrected chi connectivity index (χ3v) is 2.59. The second-order valence-corrected chi connectivity index (χ2v) is 3.79. The lowest BCUT2D eigenvalue weighted by Gasteiger charge is -2.03. The van der Waals surface area contributed by atoms with E-state index in [0.29, 0.717) is 0 Å². The Labute approximate surface area is 65.4 Å². The molecule has 64 valence electrons. The van der Waals surface area contributed by atoms with E-state index in [1.54, 1.807) is 26.0 Å². The Bertz CT molecular complexity index is 181. The Hall–Kier alpha value is -0.410. The summed E-state index contributed by atoms with van der Waals surface area (Å²) in [6.45, 7) is 3.38. The second kappa shape index (κ2) is 5.27. The van der Waals surface area contributed by atoms with Crippen LogP contribution in [0.25, 0.3) is 0 Å². The quantitative estimate of drug-likeness (QED) is 0.408. The summed E-state index contributed by atoms with van der Waals surface area (Å²) < 4.78 is 15.5. The van der Waals surface area contributed by atoms with Crippen molar-refractivity contribution < 1.29 is 19.5 Å². The van der Waals surface area contributed by atoms with E-state index in [1.165, 1.54) is 11.6 Å². The molecule has 0 radical (unpaired) electrons. The van der Waals surface area contributed by atoms with Crippen molar-refractivity contribution in [3.8, 4) is 0 Å². The van der Waals surface area contributed by atoms with Crippen LogP contribution in [0.3, 0.4) is 0 Å². The van der Waals surface area contributed by atoms with E-state index in [9.17, 15) is 4.57 Å². The predicted octanol–water partition coefficient (Wildman–Crippen LogP) is 2.75. The van der Waals surface area contributed by atoms with Gasteiger partial charge in [-0.2, -0.15) is 0 Å². The lowest BCUT2D eigenvalue weighted by Crippen LogP contribution is -1.82. The van der Waals surface area contributed by atoms with Crippen LogP contribution in [0.4, 0.5) is 0 Å². The van der Waals surface area contributed by atoms with Crippen molar-refractivity contribution >= 4 is 7.37 Å². The Morgan fingerprint density at radius 2 is 1.73 bits per heavy atom. The van der Waals surface area contributed by atoms with Gasteiger partial charge >= 0.3 is 0 Å². The van der Waals surface area contributed by atoms with E-state index in [4.69, 9.17) is 5.26 Å². The predicted molar refractivity (Wildman–Crippen MR) is 42.0 cm³/mol. The summed E-state index contributed by atoms with van der Waals surface area (Å²) in [5.41, 5.74) is 0. The van der Waals surface area contributed by atoms with Crippen molar-refractivity contribution in [1.82, 2.24) is 0 Å². The molecule has 0 fully saturated rings. The molecule has 11 heavy (non-hydrogen) atoms. The minimum atomic E-state index is -3.05. The molecule has 0 saturated heterocycles. The summed E-state index contributed by atoms with van der Waals surface area (Å²) in [6, 6.07) is 0. The molecule has 0 aliphatic rings. The number of rotatable bonds is 4. The molecule has 0 unspecified atom stereocenters. The van der Waals surface area contributed by atoms with Gasteiger partial charge in [0.05, 0.1) is 0 Å². The normalized spacial score (nSPS) is 13.4. The molecule has 0 spiro atoms. The standard InChI is InChI=1S/C6H11O4P/c1-3-5-11(8,6-4-2)10-9-7/h3-7H,1-2H3/b5-3+,6-4+. The van der Waals surface area contributed by atoms with Crippen LogP contribution in [0.5, 0.6) is 0 Å². The van der Waals surface area contributed by atoms with Crippen LogP contribution in [0, 0.1) is 0 Å². The molecule has 0 aliphatic carbocycles. The van der Waals surface area contributed by atoms with Crippen molar-refractivity contribution in [3.63, 3.8) is 0 Å². The first-order valence-corrected chi connectivity index (χ1v) is 4.82. The minimum Gasteiger partial charge on any atom is -0.281 e. The minimum absolute atomic E-state index is 1.32. The maximum absolute atomic E-state index is 11.3. The average molecular weight is 178 g/mol.